The van der Waals surface area contributed by atoms with Gasteiger partial charge >= 0.3 is 0 Å². The fourth-order valence-electron chi connectivity index (χ4n) is 3.12. The lowest BCUT2D eigenvalue weighted by molar-refractivity contribution is -0.139. The van der Waals surface area contributed by atoms with Crippen LogP contribution in [0.2, 0.25) is 0 Å². The van der Waals surface area contributed by atoms with Crippen LogP contribution in [0.25, 0.3) is 0 Å². The number of amides is 3. The summed E-state index contributed by atoms with van der Waals surface area (Å²) >= 11 is 0. The predicted octanol–water partition coefficient (Wildman–Crippen LogP) is 2.23. The SMILES string of the molecule is O=C(Nc1cnn(Cc2ccccn2)c1)c1ccc(CN2C(=O)CCC2=O)cc1. The first kappa shape index (κ1) is 18.5. The fraction of sp³-hybridized carbons (Fsp3) is 0.190. The molecule has 0 radical (unpaired) electrons. The second-order valence-corrected chi connectivity index (χ2v) is 6.77. The number of imide groups is 1. The maximum absolute atomic E-state index is 12.5. The van der Waals surface area contributed by atoms with Gasteiger partial charge in [0.1, 0.15) is 0 Å². The van der Waals surface area contributed by atoms with E-state index in [2.05, 4.69) is 15.4 Å². The Morgan fingerprint density at radius 1 is 1.00 bits per heavy atom. The number of pyridine rings is 1. The van der Waals surface area contributed by atoms with Gasteiger partial charge in [-0.05, 0) is 29.8 Å². The number of likely N-dealkylation sites (tertiary alicyclic amines) is 1. The molecule has 0 saturated carbocycles. The maximum atomic E-state index is 12.5. The number of nitrogens with one attached hydrogen (secondary N) is 1. The van der Waals surface area contributed by atoms with Crippen molar-refractivity contribution >= 4 is 23.4 Å². The summed E-state index contributed by atoms with van der Waals surface area (Å²) < 4.78 is 1.70. The van der Waals surface area contributed by atoms with Crippen LogP contribution in [-0.2, 0) is 22.7 Å². The molecule has 0 aliphatic carbocycles. The van der Waals surface area contributed by atoms with Crippen molar-refractivity contribution < 1.29 is 14.4 Å². The molecule has 3 aromatic rings. The van der Waals surface area contributed by atoms with E-state index in [0.29, 0.717) is 17.8 Å². The molecular formula is C21H19N5O3. The van der Waals surface area contributed by atoms with Crippen molar-refractivity contribution in [1.29, 1.82) is 0 Å². The number of benzene rings is 1. The Bertz CT molecular complexity index is 1030. The summed E-state index contributed by atoms with van der Waals surface area (Å²) in [6.07, 6.45) is 5.59. The number of carbonyl (C=O) groups excluding carboxylic acids is 3. The van der Waals surface area contributed by atoms with Crippen molar-refractivity contribution in [3.05, 3.63) is 77.9 Å². The van der Waals surface area contributed by atoms with Crippen LogP contribution >= 0.6 is 0 Å². The molecule has 146 valence electrons. The van der Waals surface area contributed by atoms with Gasteiger partial charge in [0, 0.05) is 30.8 Å². The first-order valence-corrected chi connectivity index (χ1v) is 9.24. The van der Waals surface area contributed by atoms with E-state index in [1.165, 1.54) is 4.90 Å². The third kappa shape index (κ3) is 4.37. The van der Waals surface area contributed by atoms with Gasteiger partial charge in [0.25, 0.3) is 5.91 Å². The Morgan fingerprint density at radius 3 is 2.45 bits per heavy atom. The fourth-order valence-corrected chi connectivity index (χ4v) is 3.12. The number of carbonyl (C=O) groups is 3. The van der Waals surface area contributed by atoms with Crippen molar-refractivity contribution in [3.8, 4) is 0 Å². The van der Waals surface area contributed by atoms with E-state index < -0.39 is 0 Å². The largest absolute Gasteiger partial charge is 0.319 e. The smallest absolute Gasteiger partial charge is 0.255 e. The van der Waals surface area contributed by atoms with Crippen LogP contribution in [-0.4, -0.2) is 37.4 Å². The topological polar surface area (TPSA) is 97.2 Å². The molecule has 4 rings (SSSR count). The molecule has 0 bridgehead atoms. The summed E-state index contributed by atoms with van der Waals surface area (Å²) in [7, 11) is 0. The van der Waals surface area contributed by atoms with Crippen LogP contribution in [0.5, 0.6) is 0 Å². The molecule has 1 aliphatic rings. The van der Waals surface area contributed by atoms with Gasteiger partial charge in [0.2, 0.25) is 11.8 Å². The highest BCUT2D eigenvalue weighted by molar-refractivity contribution is 6.04. The number of nitrogens with zero attached hydrogens (tertiary/aromatic N) is 4. The van der Waals surface area contributed by atoms with E-state index >= 15 is 0 Å². The summed E-state index contributed by atoms with van der Waals surface area (Å²) in [5, 5.41) is 7.05. The van der Waals surface area contributed by atoms with Crippen molar-refractivity contribution in [2.24, 2.45) is 0 Å². The molecule has 1 saturated heterocycles. The summed E-state index contributed by atoms with van der Waals surface area (Å²) in [6.45, 7) is 0.749. The summed E-state index contributed by atoms with van der Waals surface area (Å²) in [6, 6.07) is 12.5. The van der Waals surface area contributed by atoms with Crippen molar-refractivity contribution in [2.45, 2.75) is 25.9 Å². The highest BCUT2D eigenvalue weighted by Crippen LogP contribution is 2.17. The van der Waals surface area contributed by atoms with E-state index in [1.807, 2.05) is 18.2 Å². The molecule has 1 aliphatic heterocycles. The molecule has 0 unspecified atom stereocenters. The van der Waals surface area contributed by atoms with Crippen LogP contribution in [0.4, 0.5) is 5.69 Å². The number of hydrogen-bond donors (Lipinski definition) is 1. The summed E-state index contributed by atoms with van der Waals surface area (Å²) in [5.41, 5.74) is 2.74. The zero-order valence-corrected chi connectivity index (χ0v) is 15.6. The predicted molar refractivity (Wildman–Crippen MR) is 105 cm³/mol. The van der Waals surface area contributed by atoms with E-state index in [4.69, 9.17) is 0 Å². The van der Waals surface area contributed by atoms with Gasteiger partial charge in [-0.15, -0.1) is 0 Å². The van der Waals surface area contributed by atoms with Gasteiger partial charge in [-0.1, -0.05) is 18.2 Å². The van der Waals surface area contributed by atoms with Crippen LogP contribution in [0, 0.1) is 0 Å². The Morgan fingerprint density at radius 2 is 1.76 bits per heavy atom. The van der Waals surface area contributed by atoms with Gasteiger partial charge in [-0.25, -0.2) is 0 Å². The van der Waals surface area contributed by atoms with Crippen molar-refractivity contribution in [1.82, 2.24) is 19.7 Å². The van der Waals surface area contributed by atoms with Crippen molar-refractivity contribution in [2.75, 3.05) is 5.32 Å². The first-order valence-electron chi connectivity index (χ1n) is 9.24. The van der Waals surface area contributed by atoms with Crippen LogP contribution in [0.1, 0.15) is 34.5 Å². The van der Waals surface area contributed by atoms with E-state index in [0.717, 1.165) is 11.3 Å². The standard InChI is InChI=1S/C21H19N5O3/c27-19-8-9-20(28)26(19)12-15-4-6-16(7-5-15)21(29)24-18-11-23-25(14-18)13-17-3-1-2-10-22-17/h1-7,10-11,14H,8-9,12-13H2,(H,24,29). The Balaban J connectivity index is 1.36. The third-order valence-corrected chi connectivity index (χ3v) is 4.65. The van der Waals surface area contributed by atoms with Crippen LogP contribution in [0.3, 0.4) is 0 Å². The summed E-state index contributed by atoms with van der Waals surface area (Å²) in [5.74, 6) is -0.568. The Labute approximate surface area is 167 Å². The molecule has 0 spiro atoms. The van der Waals surface area contributed by atoms with Gasteiger partial charge in [-0.2, -0.15) is 5.10 Å². The van der Waals surface area contributed by atoms with E-state index in [9.17, 15) is 14.4 Å². The van der Waals surface area contributed by atoms with Gasteiger partial charge in [-0.3, -0.25) is 28.9 Å². The maximum Gasteiger partial charge on any atom is 0.255 e. The van der Waals surface area contributed by atoms with Gasteiger partial charge in [0.15, 0.2) is 0 Å². The molecule has 8 nitrogen and oxygen atoms in total. The molecule has 3 amide bonds. The highest BCUT2D eigenvalue weighted by atomic mass is 16.2. The molecular weight excluding hydrogens is 370 g/mol. The minimum Gasteiger partial charge on any atom is -0.319 e. The minimum absolute atomic E-state index is 0.153. The average molecular weight is 389 g/mol. The van der Waals surface area contributed by atoms with Gasteiger partial charge < -0.3 is 5.32 Å². The molecule has 0 atom stereocenters. The van der Waals surface area contributed by atoms with E-state index in [1.54, 1.807) is 47.5 Å². The molecule has 1 N–H and O–H groups in total. The van der Waals surface area contributed by atoms with Crippen LogP contribution < -0.4 is 5.32 Å². The number of anilines is 1. The second kappa shape index (κ2) is 8.05. The Hall–Kier alpha value is -3.81. The number of hydrogen-bond acceptors (Lipinski definition) is 5. The van der Waals surface area contributed by atoms with Crippen molar-refractivity contribution in [3.63, 3.8) is 0 Å². The number of aromatic nitrogens is 3. The molecule has 1 aromatic carbocycles. The third-order valence-electron chi connectivity index (χ3n) is 4.65. The minimum atomic E-state index is -0.262. The second-order valence-electron chi connectivity index (χ2n) is 6.77. The van der Waals surface area contributed by atoms with Crippen LogP contribution in [0.15, 0.2) is 61.1 Å². The lowest BCUT2D eigenvalue weighted by Crippen LogP contribution is -2.28. The zero-order valence-electron chi connectivity index (χ0n) is 15.6. The number of rotatable bonds is 6. The van der Waals surface area contributed by atoms with E-state index in [-0.39, 0.29) is 37.1 Å². The zero-order chi connectivity index (χ0) is 20.2. The lowest BCUT2D eigenvalue weighted by Gasteiger charge is -2.13. The lowest BCUT2D eigenvalue weighted by atomic mass is 10.1. The highest BCUT2D eigenvalue weighted by Gasteiger charge is 2.28. The molecule has 29 heavy (non-hydrogen) atoms. The summed E-state index contributed by atoms with van der Waals surface area (Å²) in [4.78, 5) is 41.4. The molecule has 8 heteroatoms. The monoisotopic (exact) mass is 389 g/mol. The molecule has 3 heterocycles. The normalized spacial score (nSPS) is 13.7. The van der Waals surface area contributed by atoms with Gasteiger partial charge in [0.05, 0.1) is 30.7 Å². The Kier molecular flexibility index (Phi) is 5.15. The quantitative estimate of drug-likeness (QED) is 0.652. The average Bonchev–Trinajstić information content (AvgIpc) is 3.30. The molecule has 2 aromatic heterocycles. The first-order chi connectivity index (χ1) is 14.1. The molecule has 1 fully saturated rings.